The molecular formula is C26H31N5O2. The van der Waals surface area contributed by atoms with Crippen molar-refractivity contribution in [1.82, 2.24) is 14.9 Å². The van der Waals surface area contributed by atoms with Crippen molar-refractivity contribution in [3.05, 3.63) is 66.9 Å². The van der Waals surface area contributed by atoms with E-state index in [1.165, 1.54) is 0 Å². The van der Waals surface area contributed by atoms with Crippen LogP contribution >= 0.6 is 0 Å². The minimum Gasteiger partial charge on any atom is -0.457 e. The quantitative estimate of drug-likeness (QED) is 0.520. The zero-order valence-corrected chi connectivity index (χ0v) is 19.3. The molecule has 1 amide bonds. The normalized spacial score (nSPS) is 15.7. The molecule has 0 saturated carbocycles. The van der Waals surface area contributed by atoms with Crippen LogP contribution in [-0.2, 0) is 4.79 Å². The Morgan fingerprint density at radius 2 is 1.79 bits per heavy atom. The van der Waals surface area contributed by atoms with Gasteiger partial charge in [-0.25, -0.2) is 4.98 Å². The molecule has 2 aromatic carbocycles. The molecule has 7 nitrogen and oxygen atoms in total. The molecule has 1 fully saturated rings. The number of amides is 1. The lowest BCUT2D eigenvalue weighted by molar-refractivity contribution is -0.135. The average molecular weight is 446 g/mol. The van der Waals surface area contributed by atoms with Gasteiger partial charge in [-0.1, -0.05) is 18.2 Å². The van der Waals surface area contributed by atoms with Crippen molar-refractivity contribution in [2.45, 2.75) is 26.7 Å². The first-order valence-corrected chi connectivity index (χ1v) is 11.6. The van der Waals surface area contributed by atoms with Gasteiger partial charge >= 0.3 is 0 Å². The van der Waals surface area contributed by atoms with Crippen LogP contribution in [0.1, 0.15) is 26.7 Å². The molecule has 1 aromatic heterocycles. The van der Waals surface area contributed by atoms with Gasteiger partial charge in [0.25, 0.3) is 0 Å². The van der Waals surface area contributed by atoms with Crippen LogP contribution < -0.4 is 15.0 Å². The molecule has 1 N–H and O–H groups in total. The summed E-state index contributed by atoms with van der Waals surface area (Å²) in [6.07, 6.45) is 3.64. The average Bonchev–Trinajstić information content (AvgIpc) is 2.87. The number of ether oxygens (including phenoxy) is 1. The van der Waals surface area contributed by atoms with Gasteiger partial charge in [-0.05, 0) is 69.2 Å². The van der Waals surface area contributed by atoms with Crippen LogP contribution in [0.5, 0.6) is 11.5 Å². The van der Waals surface area contributed by atoms with Crippen molar-refractivity contribution >= 4 is 23.4 Å². The molecule has 1 unspecified atom stereocenters. The van der Waals surface area contributed by atoms with Crippen LogP contribution in [0.25, 0.3) is 0 Å². The smallest absolute Gasteiger partial charge is 0.227 e. The second-order valence-electron chi connectivity index (χ2n) is 8.10. The van der Waals surface area contributed by atoms with E-state index >= 15 is 0 Å². The Balaban J connectivity index is 1.40. The largest absolute Gasteiger partial charge is 0.457 e. The number of piperidine rings is 1. The van der Waals surface area contributed by atoms with Crippen molar-refractivity contribution in [2.24, 2.45) is 5.92 Å². The molecule has 1 atom stereocenters. The monoisotopic (exact) mass is 445 g/mol. The number of aromatic nitrogens is 2. The van der Waals surface area contributed by atoms with Gasteiger partial charge in [0.05, 0.1) is 5.92 Å². The summed E-state index contributed by atoms with van der Waals surface area (Å²) < 4.78 is 5.85. The summed E-state index contributed by atoms with van der Waals surface area (Å²) in [5, 5.41) is 3.34. The Bertz CT molecular complexity index is 1040. The predicted octanol–water partition coefficient (Wildman–Crippen LogP) is 5.10. The first kappa shape index (κ1) is 22.6. The van der Waals surface area contributed by atoms with Crippen LogP contribution in [-0.4, -0.2) is 47.0 Å². The highest BCUT2D eigenvalue weighted by Gasteiger charge is 2.29. The molecule has 0 radical (unpaired) electrons. The molecule has 1 aliphatic heterocycles. The molecule has 2 heterocycles. The first-order valence-electron chi connectivity index (χ1n) is 11.6. The van der Waals surface area contributed by atoms with E-state index in [4.69, 9.17) is 9.72 Å². The highest BCUT2D eigenvalue weighted by atomic mass is 16.5. The fraction of sp³-hybridized carbons (Fsp3) is 0.346. The molecule has 0 bridgehead atoms. The maximum atomic E-state index is 12.8. The number of nitrogens with one attached hydrogen (secondary N) is 1. The SMILES string of the molecule is CCN(CC)C(=O)C1CCCN(c2nccc(Nc3ccc(Oc4ccccc4)cc3)n2)C1. The van der Waals surface area contributed by atoms with E-state index in [0.29, 0.717) is 18.3 Å². The minimum absolute atomic E-state index is 0.00368. The number of hydrogen-bond acceptors (Lipinski definition) is 6. The first-order chi connectivity index (χ1) is 16.2. The van der Waals surface area contributed by atoms with Gasteiger partial charge in [0.1, 0.15) is 17.3 Å². The van der Waals surface area contributed by atoms with Gasteiger partial charge in [-0.3, -0.25) is 4.79 Å². The summed E-state index contributed by atoms with van der Waals surface area (Å²) in [7, 11) is 0. The Morgan fingerprint density at radius 1 is 1.06 bits per heavy atom. The van der Waals surface area contributed by atoms with Gasteiger partial charge < -0.3 is 19.9 Å². The molecule has 7 heteroatoms. The molecule has 0 spiro atoms. The van der Waals surface area contributed by atoms with Crippen molar-refractivity contribution < 1.29 is 9.53 Å². The Hall–Kier alpha value is -3.61. The topological polar surface area (TPSA) is 70.6 Å². The minimum atomic E-state index is -0.00368. The van der Waals surface area contributed by atoms with Crippen molar-refractivity contribution in [3.63, 3.8) is 0 Å². The third-order valence-electron chi connectivity index (χ3n) is 5.88. The van der Waals surface area contributed by atoms with Gasteiger partial charge in [0.2, 0.25) is 11.9 Å². The Labute approximate surface area is 195 Å². The highest BCUT2D eigenvalue weighted by molar-refractivity contribution is 5.79. The highest BCUT2D eigenvalue weighted by Crippen LogP contribution is 2.26. The van der Waals surface area contributed by atoms with Crippen LogP contribution in [0.4, 0.5) is 17.5 Å². The fourth-order valence-corrected chi connectivity index (χ4v) is 4.10. The zero-order valence-electron chi connectivity index (χ0n) is 19.3. The summed E-state index contributed by atoms with van der Waals surface area (Å²) in [4.78, 5) is 26.0. The lowest BCUT2D eigenvalue weighted by Crippen LogP contribution is -2.45. The predicted molar refractivity (Wildman–Crippen MR) is 131 cm³/mol. The molecular weight excluding hydrogens is 414 g/mol. The number of hydrogen-bond donors (Lipinski definition) is 1. The third-order valence-corrected chi connectivity index (χ3v) is 5.88. The van der Waals surface area contributed by atoms with E-state index in [2.05, 4.69) is 15.2 Å². The Kier molecular flexibility index (Phi) is 7.40. The van der Waals surface area contributed by atoms with Crippen molar-refractivity contribution in [2.75, 3.05) is 36.4 Å². The lowest BCUT2D eigenvalue weighted by atomic mass is 9.96. The molecule has 1 aliphatic rings. The summed E-state index contributed by atoms with van der Waals surface area (Å²) in [6, 6.07) is 19.3. The summed E-state index contributed by atoms with van der Waals surface area (Å²) in [5.74, 6) is 3.17. The van der Waals surface area contributed by atoms with Crippen molar-refractivity contribution in [1.29, 1.82) is 0 Å². The van der Waals surface area contributed by atoms with Gasteiger partial charge in [0.15, 0.2) is 0 Å². The fourth-order valence-electron chi connectivity index (χ4n) is 4.10. The molecule has 3 aromatic rings. The third kappa shape index (κ3) is 5.80. The van der Waals surface area contributed by atoms with Crippen LogP contribution in [0.3, 0.4) is 0 Å². The van der Waals surface area contributed by atoms with E-state index in [9.17, 15) is 4.79 Å². The van der Waals surface area contributed by atoms with E-state index < -0.39 is 0 Å². The number of anilines is 3. The van der Waals surface area contributed by atoms with Crippen LogP contribution in [0.15, 0.2) is 66.9 Å². The summed E-state index contributed by atoms with van der Waals surface area (Å²) >= 11 is 0. The number of carbonyl (C=O) groups excluding carboxylic acids is 1. The second kappa shape index (κ2) is 10.8. The number of nitrogens with zero attached hydrogens (tertiary/aromatic N) is 4. The lowest BCUT2D eigenvalue weighted by Gasteiger charge is -2.34. The summed E-state index contributed by atoms with van der Waals surface area (Å²) in [5.41, 5.74) is 0.910. The van der Waals surface area contributed by atoms with Gasteiger partial charge in [-0.2, -0.15) is 4.98 Å². The summed E-state index contributed by atoms with van der Waals surface area (Å²) in [6.45, 7) is 7.07. The Morgan fingerprint density at radius 3 is 2.52 bits per heavy atom. The number of para-hydroxylation sites is 1. The molecule has 1 saturated heterocycles. The maximum absolute atomic E-state index is 12.8. The maximum Gasteiger partial charge on any atom is 0.227 e. The molecule has 33 heavy (non-hydrogen) atoms. The standard InChI is InChI=1S/C26H31N5O2/c1-3-30(4-2)25(32)20-9-8-18-31(19-20)26-27-17-16-24(29-26)28-21-12-14-23(15-13-21)33-22-10-6-5-7-11-22/h5-7,10-17,20H,3-4,8-9,18-19H2,1-2H3,(H,27,28,29). The number of benzene rings is 2. The molecule has 0 aliphatic carbocycles. The zero-order chi connectivity index (χ0) is 23.0. The second-order valence-corrected chi connectivity index (χ2v) is 8.10. The number of carbonyl (C=O) groups is 1. The van der Waals surface area contributed by atoms with Gasteiger partial charge in [-0.15, -0.1) is 0 Å². The van der Waals surface area contributed by atoms with E-state index in [1.807, 2.05) is 79.4 Å². The van der Waals surface area contributed by atoms with Gasteiger partial charge in [0, 0.05) is 38.1 Å². The van der Waals surface area contributed by atoms with E-state index in [-0.39, 0.29) is 11.8 Å². The van der Waals surface area contributed by atoms with Crippen molar-refractivity contribution in [3.8, 4) is 11.5 Å². The van der Waals surface area contributed by atoms with Crippen LogP contribution in [0, 0.1) is 5.92 Å². The van der Waals surface area contributed by atoms with E-state index in [1.54, 1.807) is 6.20 Å². The molecule has 172 valence electrons. The van der Waals surface area contributed by atoms with Crippen LogP contribution in [0.2, 0.25) is 0 Å². The number of rotatable bonds is 8. The van der Waals surface area contributed by atoms with E-state index in [0.717, 1.165) is 49.7 Å². The molecule has 4 rings (SSSR count).